The monoisotopic (exact) mass is 448 g/mol. The first-order valence-electron chi connectivity index (χ1n) is 10.7. The predicted octanol–water partition coefficient (Wildman–Crippen LogP) is 1.72. The van der Waals surface area contributed by atoms with Crippen molar-refractivity contribution in [3.05, 3.63) is 35.4 Å². The van der Waals surface area contributed by atoms with Crippen molar-refractivity contribution in [2.75, 3.05) is 38.6 Å². The number of nitrogens with one attached hydrogen (secondary N) is 4. The van der Waals surface area contributed by atoms with Crippen LogP contribution in [0.3, 0.4) is 0 Å². The SMILES string of the molecule is CC(C)C#CNC(=O)COCCNC(CS)c1ccc(C(=O)NCCNC(C)C)cc1. The number of hydrogen-bond donors (Lipinski definition) is 5. The van der Waals surface area contributed by atoms with E-state index in [-0.39, 0.29) is 30.4 Å². The minimum Gasteiger partial charge on any atom is -0.370 e. The Hall–Kier alpha value is -2.05. The zero-order valence-electron chi connectivity index (χ0n) is 19.0. The van der Waals surface area contributed by atoms with E-state index >= 15 is 0 Å². The molecule has 4 N–H and O–H groups in total. The highest BCUT2D eigenvalue weighted by atomic mass is 32.1. The number of amides is 2. The first kappa shape index (κ1) is 27.0. The summed E-state index contributed by atoms with van der Waals surface area (Å²) in [6.45, 7) is 10.3. The van der Waals surface area contributed by atoms with Crippen LogP contribution in [0.25, 0.3) is 0 Å². The number of ether oxygens (including phenoxy) is 1. The van der Waals surface area contributed by atoms with E-state index in [0.717, 1.165) is 12.1 Å². The van der Waals surface area contributed by atoms with E-state index in [4.69, 9.17) is 4.74 Å². The Morgan fingerprint density at radius 1 is 1.03 bits per heavy atom. The van der Waals surface area contributed by atoms with Gasteiger partial charge in [-0.05, 0) is 17.7 Å². The van der Waals surface area contributed by atoms with Gasteiger partial charge < -0.3 is 20.7 Å². The van der Waals surface area contributed by atoms with Crippen LogP contribution in [-0.4, -0.2) is 56.5 Å². The molecule has 1 unspecified atom stereocenters. The Morgan fingerprint density at radius 3 is 2.35 bits per heavy atom. The van der Waals surface area contributed by atoms with Crippen molar-refractivity contribution in [2.45, 2.75) is 39.8 Å². The molecule has 1 rings (SSSR count). The van der Waals surface area contributed by atoms with Gasteiger partial charge in [0.1, 0.15) is 6.61 Å². The van der Waals surface area contributed by atoms with Crippen LogP contribution >= 0.6 is 12.6 Å². The lowest BCUT2D eigenvalue weighted by Gasteiger charge is -2.17. The number of hydrogen-bond acceptors (Lipinski definition) is 6. The van der Waals surface area contributed by atoms with Crippen molar-refractivity contribution in [1.29, 1.82) is 0 Å². The molecule has 0 radical (unpaired) electrons. The fraction of sp³-hybridized carbons (Fsp3) is 0.565. The van der Waals surface area contributed by atoms with E-state index in [1.165, 1.54) is 0 Å². The van der Waals surface area contributed by atoms with E-state index in [1.807, 2.05) is 38.1 Å². The smallest absolute Gasteiger partial charge is 0.257 e. The molecule has 1 aromatic carbocycles. The van der Waals surface area contributed by atoms with Crippen LogP contribution in [0.1, 0.15) is 49.7 Å². The van der Waals surface area contributed by atoms with Crippen LogP contribution in [0, 0.1) is 17.9 Å². The number of rotatable bonds is 13. The summed E-state index contributed by atoms with van der Waals surface area (Å²) in [5.74, 6) is 3.32. The average Bonchev–Trinajstić information content (AvgIpc) is 2.73. The first-order valence-corrected chi connectivity index (χ1v) is 11.3. The maximum atomic E-state index is 12.2. The van der Waals surface area contributed by atoms with Crippen molar-refractivity contribution >= 4 is 24.4 Å². The van der Waals surface area contributed by atoms with Crippen molar-refractivity contribution in [1.82, 2.24) is 21.3 Å². The van der Waals surface area contributed by atoms with Gasteiger partial charge in [-0.15, -0.1) is 0 Å². The molecular formula is C23H36N4O3S. The van der Waals surface area contributed by atoms with Gasteiger partial charge in [-0.25, -0.2) is 0 Å². The Kier molecular flexibility index (Phi) is 13.7. The van der Waals surface area contributed by atoms with Crippen molar-refractivity contribution < 1.29 is 14.3 Å². The number of carbonyl (C=O) groups is 2. The molecule has 0 saturated heterocycles. The third-order valence-electron chi connectivity index (χ3n) is 4.15. The van der Waals surface area contributed by atoms with Crippen LogP contribution in [0.4, 0.5) is 0 Å². The van der Waals surface area contributed by atoms with Gasteiger partial charge in [0.15, 0.2) is 0 Å². The predicted molar refractivity (Wildman–Crippen MR) is 128 cm³/mol. The minimum absolute atomic E-state index is 0.0185. The third-order valence-corrected chi connectivity index (χ3v) is 4.52. The topological polar surface area (TPSA) is 91.5 Å². The van der Waals surface area contributed by atoms with Gasteiger partial charge in [-0.3, -0.25) is 14.9 Å². The lowest BCUT2D eigenvalue weighted by Crippen LogP contribution is -2.34. The second kappa shape index (κ2) is 15.7. The van der Waals surface area contributed by atoms with Gasteiger partial charge in [0.25, 0.3) is 11.8 Å². The van der Waals surface area contributed by atoms with Gasteiger partial charge >= 0.3 is 0 Å². The Bertz CT molecular complexity index is 727. The molecule has 0 aromatic heterocycles. The molecule has 0 spiro atoms. The zero-order chi connectivity index (χ0) is 23.1. The maximum absolute atomic E-state index is 12.2. The van der Waals surface area contributed by atoms with Crippen LogP contribution in [0.5, 0.6) is 0 Å². The van der Waals surface area contributed by atoms with Crippen LogP contribution in [-0.2, 0) is 9.53 Å². The maximum Gasteiger partial charge on any atom is 0.257 e. The summed E-state index contributed by atoms with van der Waals surface area (Å²) in [4.78, 5) is 23.8. The normalized spacial score (nSPS) is 11.7. The molecule has 0 fully saturated rings. The molecule has 0 saturated carbocycles. The molecule has 1 atom stereocenters. The lowest BCUT2D eigenvalue weighted by atomic mass is 10.1. The molecule has 31 heavy (non-hydrogen) atoms. The van der Waals surface area contributed by atoms with E-state index in [1.54, 1.807) is 0 Å². The van der Waals surface area contributed by atoms with Gasteiger partial charge in [0.2, 0.25) is 0 Å². The third kappa shape index (κ3) is 12.4. The number of carbonyl (C=O) groups excluding carboxylic acids is 2. The fourth-order valence-corrected chi connectivity index (χ4v) is 2.89. The Labute approximate surface area is 191 Å². The van der Waals surface area contributed by atoms with E-state index < -0.39 is 0 Å². The highest BCUT2D eigenvalue weighted by Crippen LogP contribution is 2.15. The number of thiol groups is 1. The quantitative estimate of drug-likeness (QED) is 0.137. The molecule has 172 valence electrons. The molecule has 0 aliphatic carbocycles. The van der Waals surface area contributed by atoms with Crippen molar-refractivity contribution in [3.63, 3.8) is 0 Å². The molecule has 0 aliphatic heterocycles. The second-order valence-electron chi connectivity index (χ2n) is 7.70. The lowest BCUT2D eigenvalue weighted by molar-refractivity contribution is -0.124. The first-order chi connectivity index (χ1) is 14.8. The highest BCUT2D eigenvalue weighted by molar-refractivity contribution is 7.80. The second-order valence-corrected chi connectivity index (χ2v) is 8.07. The fourth-order valence-electron chi connectivity index (χ4n) is 2.55. The van der Waals surface area contributed by atoms with Crippen molar-refractivity contribution in [2.24, 2.45) is 5.92 Å². The molecular weight excluding hydrogens is 412 g/mol. The summed E-state index contributed by atoms with van der Waals surface area (Å²) >= 11 is 4.41. The summed E-state index contributed by atoms with van der Waals surface area (Å²) in [6, 6.07) is 10.5. The Morgan fingerprint density at radius 2 is 1.74 bits per heavy atom. The summed E-state index contributed by atoms with van der Waals surface area (Å²) in [5, 5.41) is 12.0. The molecule has 7 nitrogen and oxygen atoms in total. The molecule has 2 amide bonds. The van der Waals surface area contributed by atoms with Crippen LogP contribution in [0.2, 0.25) is 0 Å². The van der Waals surface area contributed by atoms with Gasteiger partial charge in [0.05, 0.1) is 6.61 Å². The van der Waals surface area contributed by atoms with Crippen LogP contribution < -0.4 is 21.3 Å². The molecule has 0 bridgehead atoms. The van der Waals surface area contributed by atoms with E-state index in [2.05, 4.69) is 59.7 Å². The van der Waals surface area contributed by atoms with E-state index in [0.29, 0.717) is 37.1 Å². The molecule has 0 heterocycles. The van der Waals surface area contributed by atoms with Gasteiger partial charge in [-0.2, -0.15) is 12.6 Å². The summed E-state index contributed by atoms with van der Waals surface area (Å²) in [6.07, 6.45) is 0. The largest absolute Gasteiger partial charge is 0.370 e. The van der Waals surface area contributed by atoms with Crippen LogP contribution in [0.15, 0.2) is 24.3 Å². The minimum atomic E-state index is -0.257. The highest BCUT2D eigenvalue weighted by Gasteiger charge is 2.11. The van der Waals surface area contributed by atoms with Gasteiger partial charge in [-0.1, -0.05) is 45.7 Å². The summed E-state index contributed by atoms with van der Waals surface area (Å²) in [7, 11) is 0. The zero-order valence-corrected chi connectivity index (χ0v) is 19.9. The molecule has 1 aromatic rings. The summed E-state index contributed by atoms with van der Waals surface area (Å²) in [5.41, 5.74) is 1.66. The average molecular weight is 449 g/mol. The molecule has 0 aliphatic rings. The Balaban J connectivity index is 2.35. The van der Waals surface area contributed by atoms with E-state index in [9.17, 15) is 9.59 Å². The molecule has 8 heteroatoms. The van der Waals surface area contributed by atoms with Gasteiger partial charge in [0, 0.05) is 55.0 Å². The number of benzene rings is 1. The van der Waals surface area contributed by atoms with Crippen molar-refractivity contribution in [3.8, 4) is 12.0 Å². The summed E-state index contributed by atoms with van der Waals surface area (Å²) < 4.78 is 5.37. The standard InChI is InChI=1S/C23H36N4O3S/c1-17(2)9-10-26-22(28)15-30-14-13-25-21(16-31)19-5-7-20(8-6-19)23(29)27-12-11-24-18(3)4/h5-8,17-18,21,24-25,31H,11-16H2,1-4H3,(H,26,28)(H,27,29).